The predicted octanol–water partition coefficient (Wildman–Crippen LogP) is 6.18. The first kappa shape index (κ1) is 23.6. The maximum atomic E-state index is 12.5. The lowest BCUT2D eigenvalue weighted by atomic mass is 10.00. The molecule has 31 heavy (non-hydrogen) atoms. The third-order valence-electron chi connectivity index (χ3n) is 4.37. The van der Waals surface area contributed by atoms with Gasteiger partial charge in [-0.2, -0.15) is 13.2 Å². The second-order valence-corrected chi connectivity index (χ2v) is 10.2. The molecule has 0 aliphatic rings. The molecule has 1 amide bonds. The van der Waals surface area contributed by atoms with Crippen LogP contribution in [0.5, 0.6) is 0 Å². The number of benzene rings is 3. The molecule has 4 nitrogen and oxygen atoms in total. The van der Waals surface area contributed by atoms with Crippen LogP contribution in [0.4, 0.5) is 18.9 Å². The van der Waals surface area contributed by atoms with Gasteiger partial charge in [-0.05, 0) is 63.5 Å². The molecule has 0 radical (unpaired) electrons. The lowest BCUT2D eigenvalue weighted by Gasteiger charge is -2.13. The molecule has 0 heterocycles. The summed E-state index contributed by atoms with van der Waals surface area (Å²) in [6.07, 6.45) is -3.86. The van der Waals surface area contributed by atoms with E-state index in [4.69, 9.17) is 11.6 Å². The van der Waals surface area contributed by atoms with Gasteiger partial charge >= 0.3 is 12.1 Å². The first-order chi connectivity index (χ1) is 14.4. The van der Waals surface area contributed by atoms with Gasteiger partial charge < -0.3 is 5.32 Å². The SMILES string of the molecule is CS(=O)(=O)c1ccc(-c2ccc(-c3cc(I)c(NC(=O)C(F)(F)F)cc3Cl)cc2)cc1. The van der Waals surface area contributed by atoms with Gasteiger partial charge in [-0.1, -0.05) is 48.0 Å². The highest BCUT2D eigenvalue weighted by molar-refractivity contribution is 14.1. The van der Waals surface area contributed by atoms with Crippen LogP contribution in [-0.4, -0.2) is 26.8 Å². The van der Waals surface area contributed by atoms with Crippen LogP contribution in [-0.2, 0) is 14.6 Å². The van der Waals surface area contributed by atoms with E-state index in [9.17, 15) is 26.4 Å². The Hall–Kier alpha value is -2.11. The average Bonchev–Trinajstić information content (AvgIpc) is 2.69. The first-order valence-corrected chi connectivity index (χ1v) is 12.0. The van der Waals surface area contributed by atoms with E-state index in [0.717, 1.165) is 22.9 Å². The number of rotatable bonds is 4. The van der Waals surface area contributed by atoms with Crippen LogP contribution in [0.15, 0.2) is 65.6 Å². The van der Waals surface area contributed by atoms with Gasteiger partial charge in [-0.3, -0.25) is 4.79 Å². The second-order valence-electron chi connectivity index (χ2n) is 6.64. The van der Waals surface area contributed by atoms with Crippen molar-refractivity contribution in [3.8, 4) is 22.3 Å². The number of hydrogen-bond donors (Lipinski definition) is 1. The van der Waals surface area contributed by atoms with Crippen molar-refractivity contribution >= 4 is 55.6 Å². The second kappa shape index (κ2) is 8.79. The summed E-state index contributed by atoms with van der Waals surface area (Å²) in [5, 5.41) is 2.00. The summed E-state index contributed by atoms with van der Waals surface area (Å²) < 4.78 is 61.0. The third kappa shape index (κ3) is 5.58. The maximum Gasteiger partial charge on any atom is 0.471 e. The lowest BCUT2D eigenvalue weighted by Crippen LogP contribution is -2.30. The van der Waals surface area contributed by atoms with E-state index in [2.05, 4.69) is 0 Å². The molecule has 10 heteroatoms. The minimum atomic E-state index is -5.00. The number of alkyl halides is 3. The molecule has 3 aromatic carbocycles. The molecule has 0 saturated heterocycles. The smallest absolute Gasteiger partial charge is 0.317 e. The zero-order valence-electron chi connectivity index (χ0n) is 15.8. The van der Waals surface area contributed by atoms with Crippen molar-refractivity contribution in [3.63, 3.8) is 0 Å². The molecular formula is C21H14ClF3INO3S. The van der Waals surface area contributed by atoms with E-state index < -0.39 is 21.9 Å². The summed E-state index contributed by atoms with van der Waals surface area (Å²) in [6, 6.07) is 16.6. The number of nitrogens with one attached hydrogen (secondary N) is 1. The average molecular weight is 580 g/mol. The van der Waals surface area contributed by atoms with Gasteiger partial charge in [0.25, 0.3) is 0 Å². The Balaban J connectivity index is 1.87. The van der Waals surface area contributed by atoms with Crippen molar-refractivity contribution in [1.82, 2.24) is 0 Å². The van der Waals surface area contributed by atoms with E-state index in [1.807, 2.05) is 40.0 Å². The minimum absolute atomic E-state index is 0.0285. The van der Waals surface area contributed by atoms with Crippen molar-refractivity contribution in [2.45, 2.75) is 11.1 Å². The van der Waals surface area contributed by atoms with Crippen molar-refractivity contribution in [1.29, 1.82) is 0 Å². The summed E-state index contributed by atoms with van der Waals surface area (Å²) in [5.74, 6) is -2.07. The molecule has 0 aliphatic carbocycles. The van der Waals surface area contributed by atoms with Gasteiger partial charge in [-0.15, -0.1) is 0 Å². The summed E-state index contributed by atoms with van der Waals surface area (Å²) in [5.41, 5.74) is 2.97. The number of sulfone groups is 1. The molecule has 0 aromatic heterocycles. The largest absolute Gasteiger partial charge is 0.471 e. The molecule has 0 aliphatic heterocycles. The fraction of sp³-hybridized carbons (Fsp3) is 0.0952. The summed E-state index contributed by atoms with van der Waals surface area (Å²) in [7, 11) is -3.28. The molecule has 162 valence electrons. The van der Waals surface area contributed by atoms with Crippen LogP contribution in [0.2, 0.25) is 5.02 Å². The normalized spacial score (nSPS) is 11.9. The van der Waals surface area contributed by atoms with Gasteiger partial charge in [-0.25, -0.2) is 8.42 Å². The Morgan fingerprint density at radius 1 is 0.935 bits per heavy atom. The summed E-state index contributed by atoms with van der Waals surface area (Å²) in [6.45, 7) is 0. The highest BCUT2D eigenvalue weighted by Crippen LogP contribution is 2.35. The zero-order chi connectivity index (χ0) is 23.0. The Morgan fingerprint density at radius 2 is 1.42 bits per heavy atom. The summed E-state index contributed by atoms with van der Waals surface area (Å²) >= 11 is 8.08. The molecule has 0 spiro atoms. The van der Waals surface area contributed by atoms with Gasteiger partial charge in [0, 0.05) is 15.4 Å². The standard InChI is InChI=1S/C21H14ClF3INO3S/c1-31(29,30)15-8-6-13(7-9-15)12-2-4-14(5-3-12)16-10-18(26)19(11-17(16)22)27-20(28)21(23,24)25/h2-11H,1H3,(H,27,28). The maximum absolute atomic E-state index is 12.5. The number of halogens is 5. The molecule has 3 rings (SSSR count). The van der Waals surface area contributed by atoms with Crippen molar-refractivity contribution < 1.29 is 26.4 Å². The fourth-order valence-corrected chi connectivity index (χ4v) is 4.30. The topological polar surface area (TPSA) is 63.2 Å². The van der Waals surface area contributed by atoms with E-state index in [1.54, 1.807) is 30.3 Å². The van der Waals surface area contributed by atoms with Crippen LogP contribution >= 0.6 is 34.2 Å². The highest BCUT2D eigenvalue weighted by Gasteiger charge is 2.39. The van der Waals surface area contributed by atoms with E-state index >= 15 is 0 Å². The van der Waals surface area contributed by atoms with Gasteiger partial charge in [0.1, 0.15) is 0 Å². The molecule has 0 saturated carbocycles. The molecule has 1 N–H and O–H groups in total. The van der Waals surface area contributed by atoms with Crippen LogP contribution in [0.25, 0.3) is 22.3 Å². The zero-order valence-corrected chi connectivity index (χ0v) is 19.5. The Kier molecular flexibility index (Phi) is 6.68. The number of carbonyl (C=O) groups excluding carboxylic acids is 1. The fourth-order valence-electron chi connectivity index (χ4n) is 2.79. The van der Waals surface area contributed by atoms with Gasteiger partial charge in [0.15, 0.2) is 9.84 Å². The molecule has 0 atom stereocenters. The van der Waals surface area contributed by atoms with Crippen LogP contribution in [0.3, 0.4) is 0 Å². The monoisotopic (exact) mass is 579 g/mol. The van der Waals surface area contributed by atoms with Crippen molar-refractivity contribution in [2.24, 2.45) is 0 Å². The van der Waals surface area contributed by atoms with Crippen molar-refractivity contribution in [3.05, 3.63) is 69.3 Å². The Bertz CT molecular complexity index is 1240. The molecule has 0 bridgehead atoms. The van der Waals surface area contributed by atoms with Gasteiger partial charge in [0.05, 0.1) is 15.6 Å². The third-order valence-corrected chi connectivity index (χ3v) is 6.71. The Labute approximate surface area is 195 Å². The minimum Gasteiger partial charge on any atom is -0.317 e. The molecule has 0 fully saturated rings. The lowest BCUT2D eigenvalue weighted by molar-refractivity contribution is -0.167. The summed E-state index contributed by atoms with van der Waals surface area (Å²) in [4.78, 5) is 11.4. The molecule has 3 aromatic rings. The quantitative estimate of drug-likeness (QED) is 0.376. The van der Waals surface area contributed by atoms with E-state index in [1.165, 1.54) is 18.2 Å². The predicted molar refractivity (Wildman–Crippen MR) is 123 cm³/mol. The van der Waals surface area contributed by atoms with Crippen LogP contribution in [0.1, 0.15) is 0 Å². The van der Waals surface area contributed by atoms with E-state index in [-0.39, 0.29) is 15.6 Å². The van der Waals surface area contributed by atoms with Crippen molar-refractivity contribution in [2.75, 3.05) is 11.6 Å². The highest BCUT2D eigenvalue weighted by atomic mass is 127. The van der Waals surface area contributed by atoms with Crippen LogP contribution < -0.4 is 5.32 Å². The number of hydrogen-bond acceptors (Lipinski definition) is 3. The molecule has 0 unspecified atom stereocenters. The molecular weight excluding hydrogens is 566 g/mol. The Morgan fingerprint density at radius 3 is 1.90 bits per heavy atom. The number of carbonyl (C=O) groups is 1. The van der Waals surface area contributed by atoms with E-state index in [0.29, 0.717) is 9.13 Å². The number of anilines is 1. The van der Waals surface area contributed by atoms with Gasteiger partial charge in [0.2, 0.25) is 0 Å². The van der Waals surface area contributed by atoms with Crippen LogP contribution in [0, 0.1) is 3.57 Å². The number of amides is 1. The first-order valence-electron chi connectivity index (χ1n) is 8.64.